The van der Waals surface area contributed by atoms with Crippen molar-refractivity contribution in [3.8, 4) is 11.5 Å². The van der Waals surface area contributed by atoms with Crippen molar-refractivity contribution >= 4 is 0 Å². The molecule has 2 aromatic rings. The fraction of sp³-hybridized carbons (Fsp3) is 0.636. The number of ether oxygens (including phenoxy) is 2. The van der Waals surface area contributed by atoms with Gasteiger partial charge in [-0.15, -0.1) is 0 Å². The van der Waals surface area contributed by atoms with E-state index in [4.69, 9.17) is 4.74 Å². The lowest BCUT2D eigenvalue weighted by Gasteiger charge is -2.38. The van der Waals surface area contributed by atoms with Crippen molar-refractivity contribution in [1.82, 2.24) is 0 Å². The summed E-state index contributed by atoms with van der Waals surface area (Å²) in [5, 5.41) is 0. The zero-order valence-electron chi connectivity index (χ0n) is 23.2. The normalized spacial score (nSPS) is 24.1. The average Bonchev–Trinajstić information content (AvgIpc) is 2.94. The predicted molar refractivity (Wildman–Crippen MR) is 147 cm³/mol. The van der Waals surface area contributed by atoms with E-state index in [0.717, 1.165) is 42.1 Å². The first-order chi connectivity index (χ1) is 18.8. The van der Waals surface area contributed by atoms with Crippen molar-refractivity contribution < 1.29 is 27.0 Å². The SMILES string of the molecule is CCCCC[C@H]1CC[C@H]([C@H]2CC[C@H](CCc3ccc(C(F)(F)Oc4ccc(OC(F)F)cc4)cc3)CC2)CC1. The van der Waals surface area contributed by atoms with Crippen LogP contribution in [0.3, 0.4) is 0 Å². The highest BCUT2D eigenvalue weighted by Gasteiger charge is 2.35. The number of hydrogen-bond acceptors (Lipinski definition) is 2. The van der Waals surface area contributed by atoms with Crippen molar-refractivity contribution in [2.45, 2.75) is 110 Å². The summed E-state index contributed by atoms with van der Waals surface area (Å²) in [6, 6.07) is 11.1. The maximum atomic E-state index is 14.7. The molecule has 2 aliphatic rings. The minimum absolute atomic E-state index is 0.112. The summed E-state index contributed by atoms with van der Waals surface area (Å²) >= 11 is 0. The largest absolute Gasteiger partial charge is 0.435 e. The first kappa shape index (κ1) is 29.7. The highest BCUT2D eigenvalue weighted by atomic mass is 19.3. The van der Waals surface area contributed by atoms with Gasteiger partial charge in [0, 0.05) is 0 Å². The summed E-state index contributed by atoms with van der Waals surface area (Å²) in [6.45, 7) is -0.688. The highest BCUT2D eigenvalue weighted by molar-refractivity contribution is 5.32. The van der Waals surface area contributed by atoms with E-state index in [1.54, 1.807) is 12.1 Å². The van der Waals surface area contributed by atoms with Crippen molar-refractivity contribution in [1.29, 1.82) is 0 Å². The topological polar surface area (TPSA) is 18.5 Å². The molecule has 6 heteroatoms. The van der Waals surface area contributed by atoms with E-state index < -0.39 is 12.7 Å². The van der Waals surface area contributed by atoms with E-state index in [-0.39, 0.29) is 17.1 Å². The van der Waals surface area contributed by atoms with E-state index >= 15 is 0 Å². The fourth-order valence-corrected chi connectivity index (χ4v) is 6.71. The number of aryl methyl sites for hydroxylation is 1. The Morgan fingerprint density at radius 2 is 1.26 bits per heavy atom. The fourth-order valence-electron chi connectivity index (χ4n) is 6.71. The number of hydrogen-bond donors (Lipinski definition) is 0. The van der Waals surface area contributed by atoms with Gasteiger partial charge in [-0.05, 0) is 104 Å². The van der Waals surface area contributed by atoms with Crippen LogP contribution in [0, 0.1) is 23.7 Å². The summed E-state index contributed by atoms with van der Waals surface area (Å²) in [6.07, 6.45) is 15.1. The molecular weight excluding hydrogens is 504 g/mol. The van der Waals surface area contributed by atoms with Gasteiger partial charge in [0.15, 0.2) is 0 Å². The summed E-state index contributed by atoms with van der Waals surface area (Å²) in [5.41, 5.74) is 0.825. The molecule has 216 valence electrons. The third kappa shape index (κ3) is 9.14. The van der Waals surface area contributed by atoms with Crippen LogP contribution in [0.15, 0.2) is 48.5 Å². The third-order valence-electron chi connectivity index (χ3n) is 9.09. The molecule has 2 nitrogen and oxygen atoms in total. The van der Waals surface area contributed by atoms with Gasteiger partial charge >= 0.3 is 12.7 Å². The molecule has 4 rings (SSSR count). The number of halogens is 4. The van der Waals surface area contributed by atoms with Crippen LogP contribution >= 0.6 is 0 Å². The molecule has 0 bridgehead atoms. The smallest absolute Gasteiger partial charge is 0.426 e. The Balaban J connectivity index is 1.17. The summed E-state index contributed by atoms with van der Waals surface area (Å²) in [4.78, 5) is 0. The Morgan fingerprint density at radius 3 is 1.79 bits per heavy atom. The molecule has 0 aromatic heterocycles. The van der Waals surface area contributed by atoms with E-state index in [2.05, 4.69) is 11.7 Å². The van der Waals surface area contributed by atoms with Crippen LogP contribution in [-0.2, 0) is 12.5 Å². The second-order valence-electron chi connectivity index (χ2n) is 11.8. The molecule has 0 atom stereocenters. The van der Waals surface area contributed by atoms with Gasteiger partial charge in [0.05, 0.1) is 5.56 Å². The van der Waals surface area contributed by atoms with Crippen LogP contribution in [0.1, 0.15) is 102 Å². The van der Waals surface area contributed by atoms with Gasteiger partial charge in [-0.1, -0.05) is 70.4 Å². The number of unbranched alkanes of at least 4 members (excludes halogenated alkanes) is 2. The van der Waals surface area contributed by atoms with E-state index in [1.807, 2.05) is 0 Å². The second-order valence-corrected chi connectivity index (χ2v) is 11.8. The molecule has 2 aliphatic carbocycles. The first-order valence-corrected chi connectivity index (χ1v) is 15.0. The summed E-state index contributed by atoms with van der Waals surface area (Å²) in [5.74, 6) is 3.32. The zero-order chi connectivity index (χ0) is 27.7. The number of benzene rings is 2. The van der Waals surface area contributed by atoms with Crippen molar-refractivity contribution in [3.63, 3.8) is 0 Å². The van der Waals surface area contributed by atoms with Gasteiger partial charge in [-0.3, -0.25) is 0 Å². The third-order valence-corrected chi connectivity index (χ3v) is 9.09. The number of rotatable bonds is 13. The van der Waals surface area contributed by atoms with Crippen molar-refractivity contribution in [2.75, 3.05) is 0 Å². The lowest BCUT2D eigenvalue weighted by atomic mass is 9.68. The molecule has 0 amide bonds. The molecule has 2 saturated carbocycles. The Labute approximate surface area is 231 Å². The number of alkyl halides is 4. The average molecular weight is 549 g/mol. The van der Waals surface area contributed by atoms with Crippen LogP contribution in [0.2, 0.25) is 0 Å². The van der Waals surface area contributed by atoms with Crippen LogP contribution in [0.4, 0.5) is 17.6 Å². The van der Waals surface area contributed by atoms with Crippen LogP contribution in [0.5, 0.6) is 11.5 Å². The quantitative estimate of drug-likeness (QED) is 0.183. The van der Waals surface area contributed by atoms with E-state index in [0.29, 0.717) is 0 Å². The molecular formula is C33H44F4O2. The molecule has 2 fully saturated rings. The molecule has 0 saturated heterocycles. The first-order valence-electron chi connectivity index (χ1n) is 15.0. The molecule has 0 radical (unpaired) electrons. The lowest BCUT2D eigenvalue weighted by Crippen LogP contribution is -2.26. The minimum Gasteiger partial charge on any atom is -0.435 e. The molecule has 0 aliphatic heterocycles. The summed E-state index contributed by atoms with van der Waals surface area (Å²) < 4.78 is 63.0. The van der Waals surface area contributed by atoms with Gasteiger partial charge in [0.25, 0.3) is 0 Å². The maximum Gasteiger partial charge on any atom is 0.426 e. The van der Waals surface area contributed by atoms with E-state index in [9.17, 15) is 17.6 Å². The predicted octanol–water partition coefficient (Wildman–Crippen LogP) is 10.5. The Morgan fingerprint density at radius 1 is 0.718 bits per heavy atom. The maximum absolute atomic E-state index is 14.7. The van der Waals surface area contributed by atoms with Gasteiger partial charge in [-0.2, -0.15) is 17.6 Å². The molecule has 0 heterocycles. The van der Waals surface area contributed by atoms with E-state index in [1.165, 1.54) is 113 Å². The molecule has 2 aromatic carbocycles. The highest BCUT2D eigenvalue weighted by Crippen LogP contribution is 2.43. The Hall–Kier alpha value is -2.24. The Kier molecular flexibility index (Phi) is 11.0. The van der Waals surface area contributed by atoms with Crippen LogP contribution in [0.25, 0.3) is 0 Å². The van der Waals surface area contributed by atoms with Crippen molar-refractivity contribution in [3.05, 3.63) is 59.7 Å². The summed E-state index contributed by atoms with van der Waals surface area (Å²) in [7, 11) is 0. The van der Waals surface area contributed by atoms with Crippen molar-refractivity contribution in [2.24, 2.45) is 23.7 Å². The van der Waals surface area contributed by atoms with Gasteiger partial charge < -0.3 is 9.47 Å². The molecule has 0 unspecified atom stereocenters. The zero-order valence-corrected chi connectivity index (χ0v) is 23.2. The van der Waals surface area contributed by atoms with Crippen LogP contribution in [-0.4, -0.2) is 6.61 Å². The Bertz CT molecular complexity index is 960. The standard InChI is InChI=1S/C33H44F4O2/c1-2-3-4-5-24-8-14-27(15-9-24)28-16-10-25(11-17-28)6-7-26-12-18-29(19-13-26)33(36,37)39-31-22-20-30(21-23-31)38-32(34)35/h12-13,18-25,27-28,32H,2-11,14-17H2,1H3/t24-,25-,27-,28-. The van der Waals surface area contributed by atoms with Gasteiger partial charge in [0.1, 0.15) is 11.5 Å². The molecule has 0 N–H and O–H groups in total. The monoisotopic (exact) mass is 548 g/mol. The minimum atomic E-state index is -3.53. The van der Waals surface area contributed by atoms with Crippen LogP contribution < -0.4 is 9.47 Å². The second kappa shape index (κ2) is 14.4. The van der Waals surface area contributed by atoms with Gasteiger partial charge in [-0.25, -0.2) is 0 Å². The molecule has 0 spiro atoms. The van der Waals surface area contributed by atoms with Gasteiger partial charge in [0.2, 0.25) is 0 Å². The molecule has 39 heavy (non-hydrogen) atoms. The lowest BCUT2D eigenvalue weighted by molar-refractivity contribution is -0.185.